The molecular weight excluding hydrogens is 288 g/mol. The Balaban J connectivity index is 1.84. The number of fused-ring (bicyclic) bond motifs is 2. The standard InChI is InChI=1S/C19H20N2O2/c1-2-12-13-5-3-4-6-17(13)23-18(12)10-15-14-9-11(20)7-8-16(14)21-19(15)22/h7-10H,2-6,20H2,1H3,(H,21,22). The third-order valence-corrected chi connectivity index (χ3v) is 4.77. The molecule has 0 fully saturated rings. The quantitative estimate of drug-likeness (QED) is 0.655. The summed E-state index contributed by atoms with van der Waals surface area (Å²) in [5, 5.41) is 2.89. The van der Waals surface area contributed by atoms with Crippen molar-refractivity contribution < 1.29 is 9.21 Å². The van der Waals surface area contributed by atoms with Crippen molar-refractivity contribution in [2.75, 3.05) is 11.1 Å². The maximum absolute atomic E-state index is 12.3. The van der Waals surface area contributed by atoms with E-state index in [9.17, 15) is 4.79 Å². The summed E-state index contributed by atoms with van der Waals surface area (Å²) in [7, 11) is 0. The Morgan fingerprint density at radius 2 is 2.13 bits per heavy atom. The highest BCUT2D eigenvalue weighted by Gasteiger charge is 2.26. The molecule has 0 spiro atoms. The van der Waals surface area contributed by atoms with E-state index in [0.29, 0.717) is 11.3 Å². The number of nitrogens with one attached hydrogen (secondary N) is 1. The molecule has 4 heteroatoms. The van der Waals surface area contributed by atoms with E-state index in [1.165, 1.54) is 24.0 Å². The second kappa shape index (κ2) is 5.30. The molecule has 4 nitrogen and oxygen atoms in total. The Bertz CT molecular complexity index is 830. The number of hydrogen-bond donors (Lipinski definition) is 2. The molecule has 1 aromatic heterocycles. The summed E-state index contributed by atoms with van der Waals surface area (Å²) in [5.74, 6) is 1.84. The lowest BCUT2D eigenvalue weighted by atomic mass is 9.93. The van der Waals surface area contributed by atoms with Gasteiger partial charge in [0.15, 0.2) is 0 Å². The van der Waals surface area contributed by atoms with Crippen molar-refractivity contribution in [2.24, 2.45) is 0 Å². The molecule has 3 N–H and O–H groups in total. The predicted octanol–water partition coefficient (Wildman–Crippen LogP) is 3.80. The van der Waals surface area contributed by atoms with Crippen molar-refractivity contribution in [1.82, 2.24) is 0 Å². The topological polar surface area (TPSA) is 68.3 Å². The van der Waals surface area contributed by atoms with Gasteiger partial charge in [0.1, 0.15) is 11.5 Å². The van der Waals surface area contributed by atoms with Crippen molar-refractivity contribution in [3.63, 3.8) is 0 Å². The number of carbonyl (C=O) groups is 1. The summed E-state index contributed by atoms with van der Waals surface area (Å²) in [6.07, 6.45) is 7.29. The maximum Gasteiger partial charge on any atom is 0.256 e. The summed E-state index contributed by atoms with van der Waals surface area (Å²) < 4.78 is 6.10. The molecule has 0 unspecified atom stereocenters. The minimum absolute atomic E-state index is 0.0953. The summed E-state index contributed by atoms with van der Waals surface area (Å²) in [5.41, 5.74) is 11.4. The van der Waals surface area contributed by atoms with Crippen LogP contribution in [0.2, 0.25) is 0 Å². The molecule has 2 aromatic rings. The molecule has 118 valence electrons. The van der Waals surface area contributed by atoms with Crippen LogP contribution in [0.1, 0.15) is 48.0 Å². The number of amides is 1. The van der Waals surface area contributed by atoms with E-state index in [-0.39, 0.29) is 5.91 Å². The van der Waals surface area contributed by atoms with Gasteiger partial charge < -0.3 is 15.5 Å². The van der Waals surface area contributed by atoms with Crippen molar-refractivity contribution in [1.29, 1.82) is 0 Å². The lowest BCUT2D eigenvalue weighted by Gasteiger charge is -2.09. The predicted molar refractivity (Wildman–Crippen MR) is 92.1 cm³/mol. The first-order valence-corrected chi connectivity index (χ1v) is 8.23. The third-order valence-electron chi connectivity index (χ3n) is 4.77. The third kappa shape index (κ3) is 2.25. The van der Waals surface area contributed by atoms with Crippen LogP contribution in [0, 0.1) is 0 Å². The molecule has 1 amide bonds. The Hall–Kier alpha value is -2.49. The van der Waals surface area contributed by atoms with E-state index in [1.54, 1.807) is 6.07 Å². The van der Waals surface area contributed by atoms with E-state index in [2.05, 4.69) is 12.2 Å². The summed E-state index contributed by atoms with van der Waals surface area (Å²) in [6, 6.07) is 5.48. The fourth-order valence-corrected chi connectivity index (χ4v) is 3.64. The molecule has 0 saturated carbocycles. The highest BCUT2D eigenvalue weighted by molar-refractivity contribution is 6.35. The van der Waals surface area contributed by atoms with Crippen LogP contribution < -0.4 is 11.1 Å². The zero-order chi connectivity index (χ0) is 16.0. The fraction of sp³-hybridized carbons (Fsp3) is 0.316. The van der Waals surface area contributed by atoms with Crippen LogP contribution in [0.15, 0.2) is 22.6 Å². The van der Waals surface area contributed by atoms with Gasteiger partial charge in [0.05, 0.1) is 5.57 Å². The largest absolute Gasteiger partial charge is 0.461 e. The molecular formula is C19H20N2O2. The number of nitrogens with two attached hydrogens (primary N) is 1. The number of nitrogen functional groups attached to an aromatic ring is 1. The van der Waals surface area contributed by atoms with Crippen LogP contribution in [-0.4, -0.2) is 5.91 Å². The number of aryl methyl sites for hydroxylation is 1. The van der Waals surface area contributed by atoms with E-state index >= 15 is 0 Å². The molecule has 1 aromatic carbocycles. The molecule has 0 bridgehead atoms. The second-order valence-electron chi connectivity index (χ2n) is 6.22. The Morgan fingerprint density at radius 3 is 2.96 bits per heavy atom. The normalized spacial score (nSPS) is 18.0. The average Bonchev–Trinajstić information content (AvgIpc) is 3.05. The number of benzene rings is 1. The van der Waals surface area contributed by atoms with E-state index in [0.717, 1.165) is 42.0 Å². The van der Waals surface area contributed by atoms with Crippen molar-refractivity contribution >= 4 is 28.9 Å². The first kappa shape index (κ1) is 14.1. The lowest BCUT2D eigenvalue weighted by Crippen LogP contribution is -2.03. The average molecular weight is 308 g/mol. The zero-order valence-electron chi connectivity index (χ0n) is 13.2. The smallest absolute Gasteiger partial charge is 0.256 e. The molecule has 23 heavy (non-hydrogen) atoms. The van der Waals surface area contributed by atoms with Crippen LogP contribution in [-0.2, 0) is 24.1 Å². The van der Waals surface area contributed by atoms with Crippen molar-refractivity contribution in [3.05, 3.63) is 46.4 Å². The van der Waals surface area contributed by atoms with Crippen LogP contribution in [0.3, 0.4) is 0 Å². The summed E-state index contributed by atoms with van der Waals surface area (Å²) in [6.45, 7) is 2.14. The van der Waals surface area contributed by atoms with Crippen molar-refractivity contribution in [2.45, 2.75) is 39.0 Å². The molecule has 2 heterocycles. The van der Waals surface area contributed by atoms with Gasteiger partial charge in [0.25, 0.3) is 5.91 Å². The molecule has 2 aliphatic rings. The number of rotatable bonds is 2. The summed E-state index contributed by atoms with van der Waals surface area (Å²) >= 11 is 0. The van der Waals surface area contributed by atoms with Crippen LogP contribution in [0.4, 0.5) is 11.4 Å². The monoisotopic (exact) mass is 308 g/mol. The molecule has 1 aliphatic carbocycles. The number of furan rings is 1. The highest BCUT2D eigenvalue weighted by Crippen LogP contribution is 2.37. The number of carbonyl (C=O) groups excluding carboxylic acids is 1. The maximum atomic E-state index is 12.3. The Morgan fingerprint density at radius 1 is 1.30 bits per heavy atom. The van der Waals surface area contributed by atoms with E-state index in [1.807, 2.05) is 18.2 Å². The fourth-order valence-electron chi connectivity index (χ4n) is 3.64. The van der Waals surface area contributed by atoms with Crippen molar-refractivity contribution in [3.8, 4) is 0 Å². The SMILES string of the molecule is CCc1c(C=C2C(=O)Nc3ccc(N)cc32)oc2c1CCCC2. The minimum atomic E-state index is -0.0953. The first-order chi connectivity index (χ1) is 11.2. The van der Waals surface area contributed by atoms with Gasteiger partial charge in [-0.15, -0.1) is 0 Å². The van der Waals surface area contributed by atoms with Gasteiger partial charge in [-0.05, 0) is 55.5 Å². The Kier molecular flexibility index (Phi) is 3.26. The van der Waals surface area contributed by atoms with Crippen LogP contribution in [0.25, 0.3) is 11.6 Å². The van der Waals surface area contributed by atoms with E-state index in [4.69, 9.17) is 10.2 Å². The van der Waals surface area contributed by atoms with Gasteiger partial charge in [-0.25, -0.2) is 0 Å². The Labute approximate surface area is 135 Å². The summed E-state index contributed by atoms with van der Waals surface area (Å²) in [4.78, 5) is 12.3. The van der Waals surface area contributed by atoms with Gasteiger partial charge in [0.2, 0.25) is 0 Å². The van der Waals surface area contributed by atoms with E-state index < -0.39 is 0 Å². The lowest BCUT2D eigenvalue weighted by molar-refractivity contribution is -0.110. The van der Waals surface area contributed by atoms with Gasteiger partial charge in [-0.3, -0.25) is 4.79 Å². The molecule has 4 rings (SSSR count). The highest BCUT2D eigenvalue weighted by atomic mass is 16.3. The minimum Gasteiger partial charge on any atom is -0.461 e. The first-order valence-electron chi connectivity index (χ1n) is 8.23. The van der Waals surface area contributed by atoms with Gasteiger partial charge in [0, 0.05) is 28.9 Å². The zero-order valence-corrected chi connectivity index (χ0v) is 13.2. The van der Waals surface area contributed by atoms with Gasteiger partial charge in [-0.2, -0.15) is 0 Å². The molecule has 1 aliphatic heterocycles. The molecule has 0 atom stereocenters. The second-order valence-corrected chi connectivity index (χ2v) is 6.22. The molecule has 0 radical (unpaired) electrons. The molecule has 0 saturated heterocycles. The van der Waals surface area contributed by atoms with Gasteiger partial charge in [-0.1, -0.05) is 6.92 Å². The number of hydrogen-bond acceptors (Lipinski definition) is 3. The van der Waals surface area contributed by atoms with Gasteiger partial charge >= 0.3 is 0 Å². The number of anilines is 2. The van der Waals surface area contributed by atoms with Crippen LogP contribution >= 0.6 is 0 Å². The van der Waals surface area contributed by atoms with Crippen LogP contribution in [0.5, 0.6) is 0 Å².